The van der Waals surface area contributed by atoms with Crippen LogP contribution in [-0.2, 0) is 4.79 Å². The minimum atomic E-state index is -0.0270. The van der Waals surface area contributed by atoms with Crippen molar-refractivity contribution in [2.45, 2.75) is 45.2 Å². The minimum absolute atomic E-state index is 0.0102. The van der Waals surface area contributed by atoms with Gasteiger partial charge in [-0.25, -0.2) is 4.98 Å². The molecule has 0 radical (unpaired) electrons. The van der Waals surface area contributed by atoms with Gasteiger partial charge in [-0.15, -0.1) is 0 Å². The lowest BCUT2D eigenvalue weighted by molar-refractivity contribution is -0.139. The molecule has 166 valence electrons. The fourth-order valence-electron chi connectivity index (χ4n) is 3.68. The van der Waals surface area contributed by atoms with Crippen molar-refractivity contribution in [1.29, 1.82) is 0 Å². The van der Waals surface area contributed by atoms with Crippen LogP contribution in [0.2, 0.25) is 10.0 Å². The maximum Gasteiger partial charge on any atom is 0.260 e. The lowest BCUT2D eigenvalue weighted by atomic mass is 9.97. The number of halogens is 2. The van der Waals surface area contributed by atoms with Gasteiger partial charge in [0.2, 0.25) is 0 Å². The molecule has 1 aromatic heterocycles. The van der Waals surface area contributed by atoms with Crippen molar-refractivity contribution in [3.8, 4) is 11.5 Å². The predicted octanol–water partition coefficient (Wildman–Crippen LogP) is 5.01. The first-order valence-corrected chi connectivity index (χ1v) is 10.9. The van der Waals surface area contributed by atoms with E-state index in [1.54, 1.807) is 31.5 Å². The van der Waals surface area contributed by atoms with E-state index in [2.05, 4.69) is 29.4 Å². The van der Waals surface area contributed by atoms with E-state index in [4.69, 9.17) is 32.7 Å². The van der Waals surface area contributed by atoms with Crippen molar-refractivity contribution in [1.82, 2.24) is 9.88 Å². The van der Waals surface area contributed by atoms with Crippen LogP contribution in [0.5, 0.6) is 11.5 Å². The van der Waals surface area contributed by atoms with Crippen LogP contribution in [0.15, 0.2) is 35.6 Å². The van der Waals surface area contributed by atoms with E-state index in [1.165, 1.54) is 6.20 Å². The zero-order chi connectivity index (χ0) is 22.4. The molecule has 1 saturated heterocycles. The summed E-state index contributed by atoms with van der Waals surface area (Å²) >= 11 is 11.9. The molecule has 1 amide bonds. The highest BCUT2D eigenvalue weighted by molar-refractivity contribution is 6.35. The van der Waals surface area contributed by atoms with E-state index in [9.17, 15) is 4.79 Å². The number of anilines is 1. The third-order valence-electron chi connectivity index (χ3n) is 5.21. The molecule has 2 aromatic rings. The van der Waals surface area contributed by atoms with Crippen LogP contribution in [0, 0.1) is 0 Å². The van der Waals surface area contributed by atoms with E-state index in [0.717, 1.165) is 24.8 Å². The van der Waals surface area contributed by atoms with Gasteiger partial charge < -0.3 is 14.4 Å². The van der Waals surface area contributed by atoms with E-state index < -0.39 is 0 Å². The highest BCUT2D eigenvalue weighted by Gasteiger charge is 2.29. The topological polar surface area (TPSA) is 76.0 Å². The summed E-state index contributed by atoms with van der Waals surface area (Å²) in [5, 5.41) is 4.95. The molecule has 2 atom stereocenters. The van der Waals surface area contributed by atoms with Gasteiger partial charge in [-0.2, -0.15) is 5.10 Å². The van der Waals surface area contributed by atoms with Crippen LogP contribution in [0.1, 0.15) is 38.7 Å². The fourth-order valence-corrected chi connectivity index (χ4v) is 4.10. The zero-order valence-electron chi connectivity index (χ0n) is 17.8. The molecule has 0 bridgehead atoms. The smallest absolute Gasteiger partial charge is 0.260 e. The summed E-state index contributed by atoms with van der Waals surface area (Å²) in [4.78, 5) is 18.7. The Kier molecular flexibility index (Phi) is 7.98. The molecule has 3 rings (SSSR count). The Hall–Kier alpha value is -2.51. The summed E-state index contributed by atoms with van der Waals surface area (Å²) in [5.41, 5.74) is 3.54. The number of hydrazone groups is 1. The highest BCUT2D eigenvalue weighted by Crippen LogP contribution is 2.29. The fraction of sp³-hybridized carbons (Fsp3) is 0.409. The average molecular weight is 465 g/mol. The third-order valence-corrected chi connectivity index (χ3v) is 5.71. The number of hydrogen-bond acceptors (Lipinski definition) is 6. The predicted molar refractivity (Wildman–Crippen MR) is 124 cm³/mol. The number of hydrogen-bond donors (Lipinski definition) is 1. The molecule has 7 nitrogen and oxygen atoms in total. The maximum atomic E-state index is 12.7. The normalized spacial score (nSPS) is 18.8. The highest BCUT2D eigenvalue weighted by atomic mass is 35.5. The number of aromatic nitrogens is 1. The van der Waals surface area contributed by atoms with Gasteiger partial charge >= 0.3 is 0 Å². The molecule has 2 heterocycles. The van der Waals surface area contributed by atoms with Crippen LogP contribution in [0.3, 0.4) is 0 Å². The number of methoxy groups -OCH3 is 1. The van der Waals surface area contributed by atoms with Crippen molar-refractivity contribution in [2.75, 3.05) is 19.1 Å². The molecule has 2 unspecified atom stereocenters. The Morgan fingerprint density at radius 2 is 2.00 bits per heavy atom. The van der Waals surface area contributed by atoms with Crippen molar-refractivity contribution < 1.29 is 14.3 Å². The summed E-state index contributed by atoms with van der Waals surface area (Å²) in [7, 11) is 1.55. The third kappa shape index (κ3) is 6.02. The van der Waals surface area contributed by atoms with Gasteiger partial charge in [-0.05, 0) is 62.9 Å². The monoisotopic (exact) mass is 464 g/mol. The Balaban J connectivity index is 1.62. The number of carbonyl (C=O) groups excluding carboxylic acids is 1. The quantitative estimate of drug-likeness (QED) is 0.460. The van der Waals surface area contributed by atoms with Gasteiger partial charge in [-0.1, -0.05) is 23.2 Å². The van der Waals surface area contributed by atoms with E-state index >= 15 is 0 Å². The van der Waals surface area contributed by atoms with Gasteiger partial charge in [0.05, 0.1) is 23.4 Å². The van der Waals surface area contributed by atoms with Gasteiger partial charge in [0.1, 0.15) is 0 Å². The summed E-state index contributed by atoms with van der Waals surface area (Å²) in [6.07, 6.45) is 6.28. The first-order chi connectivity index (χ1) is 14.9. The molecular weight excluding hydrogens is 439 g/mol. The first-order valence-electron chi connectivity index (χ1n) is 10.1. The van der Waals surface area contributed by atoms with E-state index in [1.807, 2.05) is 11.0 Å². The van der Waals surface area contributed by atoms with E-state index in [0.29, 0.717) is 27.4 Å². The number of likely N-dealkylation sites (tertiary alicyclic amines) is 1. The van der Waals surface area contributed by atoms with Crippen molar-refractivity contribution >= 4 is 41.1 Å². The number of rotatable bonds is 7. The second kappa shape index (κ2) is 10.7. The van der Waals surface area contributed by atoms with Crippen LogP contribution < -0.4 is 14.9 Å². The summed E-state index contributed by atoms with van der Waals surface area (Å²) in [6, 6.07) is 7.39. The van der Waals surface area contributed by atoms with Gasteiger partial charge in [0.25, 0.3) is 5.91 Å². The molecular formula is C22H26Cl2N4O3. The van der Waals surface area contributed by atoms with Gasteiger partial charge in [0.15, 0.2) is 23.9 Å². The molecule has 1 aliphatic rings. The molecule has 0 aliphatic carbocycles. The molecule has 1 aliphatic heterocycles. The van der Waals surface area contributed by atoms with Gasteiger partial charge in [-0.3, -0.25) is 10.2 Å². The summed E-state index contributed by atoms with van der Waals surface area (Å²) in [6.45, 7) is 4.15. The SMILES string of the molecule is COc1cc(C=NNc2ncc(Cl)cc2Cl)ccc1OCC(=O)N1C(C)CCCC1C. The van der Waals surface area contributed by atoms with Crippen molar-refractivity contribution in [3.05, 3.63) is 46.1 Å². The maximum absolute atomic E-state index is 12.7. The number of pyridine rings is 1. The molecule has 31 heavy (non-hydrogen) atoms. The Morgan fingerprint density at radius 3 is 2.68 bits per heavy atom. The number of nitrogens with one attached hydrogen (secondary N) is 1. The lowest BCUT2D eigenvalue weighted by Gasteiger charge is -2.39. The van der Waals surface area contributed by atoms with Gasteiger partial charge in [0, 0.05) is 18.3 Å². The number of amides is 1. The number of carbonyl (C=O) groups is 1. The summed E-state index contributed by atoms with van der Waals surface area (Å²) < 4.78 is 11.2. The number of ether oxygens (including phenoxy) is 2. The first kappa shape index (κ1) is 23.2. The minimum Gasteiger partial charge on any atom is -0.493 e. The Labute approximate surface area is 192 Å². The van der Waals surface area contributed by atoms with Crippen molar-refractivity contribution in [2.24, 2.45) is 5.10 Å². The van der Waals surface area contributed by atoms with Crippen LogP contribution >= 0.6 is 23.2 Å². The van der Waals surface area contributed by atoms with E-state index in [-0.39, 0.29) is 24.6 Å². The number of piperidine rings is 1. The second-order valence-electron chi connectivity index (χ2n) is 7.48. The molecule has 1 fully saturated rings. The molecule has 9 heteroatoms. The molecule has 0 saturated carbocycles. The lowest BCUT2D eigenvalue weighted by Crippen LogP contribution is -2.49. The largest absolute Gasteiger partial charge is 0.493 e. The summed E-state index contributed by atoms with van der Waals surface area (Å²) in [5.74, 6) is 1.40. The molecule has 0 spiro atoms. The Morgan fingerprint density at radius 1 is 1.26 bits per heavy atom. The van der Waals surface area contributed by atoms with Crippen molar-refractivity contribution in [3.63, 3.8) is 0 Å². The second-order valence-corrected chi connectivity index (χ2v) is 8.33. The average Bonchev–Trinajstić information content (AvgIpc) is 2.74. The standard InChI is InChI=1S/C22H26Cl2N4O3/c1-14-5-4-6-15(2)28(14)21(29)13-31-19-8-7-16(9-20(19)30-3)11-26-27-22-18(24)10-17(23)12-25-22/h7-12,14-15H,4-6,13H2,1-3H3,(H,25,27). The Bertz CT molecular complexity index is 944. The van der Waals surface area contributed by atoms with Crippen LogP contribution in [-0.4, -0.2) is 47.8 Å². The zero-order valence-corrected chi connectivity index (χ0v) is 19.3. The molecule has 1 N–H and O–H groups in total. The number of benzene rings is 1. The van der Waals surface area contributed by atoms with Crippen LogP contribution in [0.25, 0.3) is 0 Å². The molecule has 1 aromatic carbocycles. The van der Waals surface area contributed by atoms with Crippen LogP contribution in [0.4, 0.5) is 5.82 Å². The number of nitrogens with zero attached hydrogens (tertiary/aromatic N) is 3.